The number of carbonyl (C=O) groups excluding carboxylic acids is 1. The predicted octanol–water partition coefficient (Wildman–Crippen LogP) is 2.33. The van der Waals surface area contributed by atoms with Crippen LogP contribution in [-0.2, 0) is 4.74 Å². The normalized spacial score (nSPS) is 10.6. The molecule has 0 atom stereocenters. The molecule has 0 radical (unpaired) electrons. The van der Waals surface area contributed by atoms with Gasteiger partial charge >= 0.3 is 5.97 Å². The molecule has 0 aliphatic heterocycles. The average Bonchev–Trinajstić information content (AvgIpc) is 2.75. The van der Waals surface area contributed by atoms with Gasteiger partial charge in [0.1, 0.15) is 6.26 Å². The second kappa shape index (κ2) is 6.27. The predicted molar refractivity (Wildman–Crippen MR) is 65.2 cm³/mol. The Hall–Kier alpha value is -1.52. The number of oxazole rings is 1. The minimum absolute atomic E-state index is 0.221. The van der Waals surface area contributed by atoms with Gasteiger partial charge in [-0.2, -0.15) is 4.98 Å². The Balaban J connectivity index is 2.57. The summed E-state index contributed by atoms with van der Waals surface area (Å²) in [5.74, 6) is 0.177. The number of rotatable bonds is 6. The van der Waals surface area contributed by atoms with E-state index in [1.807, 2.05) is 11.9 Å². The number of carbonyl (C=O) groups is 1. The number of ether oxygens (including phenoxy) is 1. The van der Waals surface area contributed by atoms with Gasteiger partial charge in [-0.05, 0) is 19.3 Å². The average molecular weight is 240 g/mol. The van der Waals surface area contributed by atoms with Crippen molar-refractivity contribution >= 4 is 12.0 Å². The van der Waals surface area contributed by atoms with Crippen LogP contribution in [0.3, 0.4) is 0 Å². The van der Waals surface area contributed by atoms with Crippen LogP contribution in [-0.4, -0.2) is 31.2 Å². The van der Waals surface area contributed by atoms with Gasteiger partial charge in [-0.3, -0.25) is 0 Å². The van der Waals surface area contributed by atoms with E-state index in [-0.39, 0.29) is 5.69 Å². The third-order valence-corrected chi connectivity index (χ3v) is 2.35. The zero-order valence-electron chi connectivity index (χ0n) is 10.9. The first kappa shape index (κ1) is 13.5. The minimum atomic E-state index is -0.445. The highest BCUT2D eigenvalue weighted by Gasteiger charge is 2.15. The minimum Gasteiger partial charge on any atom is -0.461 e. The number of nitrogens with zero attached hydrogens (tertiary/aromatic N) is 2. The Morgan fingerprint density at radius 1 is 1.59 bits per heavy atom. The molecule has 5 heteroatoms. The lowest BCUT2D eigenvalue weighted by Gasteiger charge is -2.15. The van der Waals surface area contributed by atoms with Crippen LogP contribution < -0.4 is 4.90 Å². The van der Waals surface area contributed by atoms with Crippen LogP contribution >= 0.6 is 0 Å². The number of aromatic nitrogens is 1. The molecule has 0 saturated carbocycles. The lowest BCUT2D eigenvalue weighted by atomic mass is 10.1. The van der Waals surface area contributed by atoms with Crippen molar-refractivity contribution in [2.45, 2.75) is 27.2 Å². The molecule has 0 bridgehead atoms. The Kier molecular flexibility index (Phi) is 5.00. The second-order valence-electron chi connectivity index (χ2n) is 4.34. The molecule has 1 aromatic rings. The van der Waals surface area contributed by atoms with Crippen LogP contribution in [0.4, 0.5) is 6.01 Å². The number of hydrogen-bond donors (Lipinski definition) is 0. The van der Waals surface area contributed by atoms with E-state index in [9.17, 15) is 4.79 Å². The van der Waals surface area contributed by atoms with Crippen molar-refractivity contribution in [3.8, 4) is 0 Å². The van der Waals surface area contributed by atoms with E-state index >= 15 is 0 Å². The molecule has 96 valence electrons. The lowest BCUT2D eigenvalue weighted by Crippen LogP contribution is -2.20. The van der Waals surface area contributed by atoms with E-state index in [0.717, 1.165) is 13.0 Å². The van der Waals surface area contributed by atoms with Gasteiger partial charge in [-0.1, -0.05) is 13.8 Å². The van der Waals surface area contributed by atoms with E-state index in [1.54, 1.807) is 6.92 Å². The highest BCUT2D eigenvalue weighted by Crippen LogP contribution is 2.14. The standard InChI is InChI=1S/C12H20N2O3/c1-5-16-11(15)10-8-17-12(13-10)14(4)7-6-9(2)3/h8-9H,5-7H2,1-4H3. The maximum Gasteiger partial charge on any atom is 0.360 e. The van der Waals surface area contributed by atoms with Crippen molar-refractivity contribution < 1.29 is 13.9 Å². The van der Waals surface area contributed by atoms with E-state index in [4.69, 9.17) is 9.15 Å². The Morgan fingerprint density at radius 2 is 2.29 bits per heavy atom. The summed E-state index contributed by atoms with van der Waals surface area (Å²) in [5, 5.41) is 0. The SMILES string of the molecule is CCOC(=O)c1coc(N(C)CCC(C)C)n1. The van der Waals surface area contributed by atoms with E-state index in [0.29, 0.717) is 18.5 Å². The molecule has 17 heavy (non-hydrogen) atoms. The quantitative estimate of drug-likeness (QED) is 0.714. The zero-order valence-corrected chi connectivity index (χ0v) is 10.9. The molecule has 0 saturated heterocycles. The molecule has 1 aromatic heterocycles. The number of esters is 1. The molecule has 0 aromatic carbocycles. The Labute approximate surface area is 102 Å². The van der Waals surface area contributed by atoms with Crippen LogP contribution in [0, 0.1) is 5.92 Å². The van der Waals surface area contributed by atoms with Crippen molar-refractivity contribution in [3.05, 3.63) is 12.0 Å². The van der Waals surface area contributed by atoms with E-state index in [2.05, 4.69) is 18.8 Å². The third kappa shape index (κ3) is 4.09. The van der Waals surface area contributed by atoms with Gasteiger partial charge < -0.3 is 14.1 Å². The molecule has 0 unspecified atom stereocenters. The number of hydrogen-bond acceptors (Lipinski definition) is 5. The monoisotopic (exact) mass is 240 g/mol. The largest absolute Gasteiger partial charge is 0.461 e. The highest BCUT2D eigenvalue weighted by molar-refractivity contribution is 5.87. The van der Waals surface area contributed by atoms with Gasteiger partial charge in [-0.25, -0.2) is 4.79 Å². The molecule has 1 heterocycles. The lowest BCUT2D eigenvalue weighted by molar-refractivity contribution is 0.0519. The zero-order chi connectivity index (χ0) is 12.8. The van der Waals surface area contributed by atoms with Gasteiger partial charge in [0.2, 0.25) is 0 Å². The molecule has 0 spiro atoms. The molecular weight excluding hydrogens is 220 g/mol. The van der Waals surface area contributed by atoms with Gasteiger partial charge in [0.25, 0.3) is 6.01 Å². The molecule has 0 aliphatic rings. The van der Waals surface area contributed by atoms with Crippen molar-refractivity contribution in [3.63, 3.8) is 0 Å². The molecule has 0 aliphatic carbocycles. The number of anilines is 1. The Morgan fingerprint density at radius 3 is 2.88 bits per heavy atom. The van der Waals surface area contributed by atoms with Gasteiger partial charge in [0.05, 0.1) is 6.61 Å². The summed E-state index contributed by atoms with van der Waals surface area (Å²) in [6.07, 6.45) is 2.38. The second-order valence-corrected chi connectivity index (χ2v) is 4.34. The van der Waals surface area contributed by atoms with E-state index in [1.165, 1.54) is 6.26 Å². The summed E-state index contributed by atoms with van der Waals surface area (Å²) in [7, 11) is 1.89. The highest BCUT2D eigenvalue weighted by atomic mass is 16.5. The van der Waals surface area contributed by atoms with Crippen molar-refractivity contribution in [1.29, 1.82) is 0 Å². The van der Waals surface area contributed by atoms with Crippen molar-refractivity contribution in [1.82, 2.24) is 4.98 Å². The Bertz CT molecular complexity index is 360. The molecule has 0 fully saturated rings. The summed E-state index contributed by atoms with van der Waals surface area (Å²) in [6, 6.07) is 0.453. The summed E-state index contributed by atoms with van der Waals surface area (Å²) in [6.45, 7) is 7.26. The summed E-state index contributed by atoms with van der Waals surface area (Å²) in [4.78, 5) is 17.4. The van der Waals surface area contributed by atoms with Crippen molar-refractivity contribution in [2.75, 3.05) is 25.1 Å². The molecule has 0 N–H and O–H groups in total. The fraction of sp³-hybridized carbons (Fsp3) is 0.667. The fourth-order valence-corrected chi connectivity index (χ4v) is 1.29. The smallest absolute Gasteiger partial charge is 0.360 e. The topological polar surface area (TPSA) is 55.6 Å². The van der Waals surface area contributed by atoms with E-state index < -0.39 is 5.97 Å². The first-order valence-corrected chi connectivity index (χ1v) is 5.88. The van der Waals surface area contributed by atoms with Gasteiger partial charge in [0, 0.05) is 13.6 Å². The van der Waals surface area contributed by atoms with Crippen LogP contribution in [0.5, 0.6) is 0 Å². The van der Waals surface area contributed by atoms with Gasteiger partial charge in [-0.15, -0.1) is 0 Å². The van der Waals surface area contributed by atoms with Crippen LogP contribution in [0.1, 0.15) is 37.7 Å². The molecule has 1 rings (SSSR count). The first-order valence-electron chi connectivity index (χ1n) is 5.88. The van der Waals surface area contributed by atoms with Crippen LogP contribution in [0.15, 0.2) is 10.7 Å². The van der Waals surface area contributed by atoms with Crippen LogP contribution in [0.2, 0.25) is 0 Å². The van der Waals surface area contributed by atoms with Gasteiger partial charge in [0.15, 0.2) is 5.69 Å². The molecular formula is C12H20N2O3. The molecule has 0 amide bonds. The summed E-state index contributed by atoms with van der Waals surface area (Å²) >= 11 is 0. The maximum absolute atomic E-state index is 11.4. The summed E-state index contributed by atoms with van der Waals surface area (Å²) < 4.78 is 10.1. The first-order chi connectivity index (χ1) is 8.04. The van der Waals surface area contributed by atoms with Crippen molar-refractivity contribution in [2.24, 2.45) is 5.92 Å². The maximum atomic E-state index is 11.4. The molecule has 5 nitrogen and oxygen atoms in total. The summed E-state index contributed by atoms with van der Waals surface area (Å²) in [5.41, 5.74) is 0.221. The third-order valence-electron chi connectivity index (χ3n) is 2.35. The van der Waals surface area contributed by atoms with Crippen LogP contribution in [0.25, 0.3) is 0 Å². The fourth-order valence-electron chi connectivity index (χ4n) is 1.29.